The van der Waals surface area contributed by atoms with E-state index in [0.29, 0.717) is 10.8 Å². The Morgan fingerprint density at radius 2 is 1.27 bits per heavy atom. The Kier molecular flexibility index (Phi) is 1.30. The second-order valence-electron chi connectivity index (χ2n) is 4.02. The van der Waals surface area contributed by atoms with Gasteiger partial charge in [0.05, 0.1) is 0 Å². The Balaban J connectivity index is 2.30. The van der Waals surface area contributed by atoms with Crippen molar-refractivity contribution in [3.8, 4) is 0 Å². The van der Waals surface area contributed by atoms with Crippen LogP contribution in [-0.2, 0) is 0 Å². The van der Waals surface area contributed by atoms with Gasteiger partial charge in [0.15, 0.2) is 0 Å². The first kappa shape index (κ1) is 7.15. The molecule has 0 saturated heterocycles. The molecule has 60 valence electrons. The second-order valence-corrected chi connectivity index (χ2v) is 4.02. The topological polar surface area (TPSA) is 0 Å². The first-order valence-corrected chi connectivity index (χ1v) is 4.65. The third kappa shape index (κ3) is 0.817. The van der Waals surface area contributed by atoms with Crippen LogP contribution in [0.1, 0.15) is 33.1 Å². The van der Waals surface area contributed by atoms with Crippen LogP contribution in [0.5, 0.6) is 0 Å². The molecule has 0 aromatic rings. The van der Waals surface area contributed by atoms with Crippen molar-refractivity contribution in [2.75, 3.05) is 0 Å². The fourth-order valence-corrected chi connectivity index (χ4v) is 2.34. The van der Waals surface area contributed by atoms with E-state index in [1.165, 1.54) is 19.3 Å². The van der Waals surface area contributed by atoms with Gasteiger partial charge in [-0.15, -0.1) is 0 Å². The molecule has 0 heteroatoms. The normalized spacial score (nSPS) is 45.6. The van der Waals surface area contributed by atoms with E-state index < -0.39 is 0 Å². The Labute approximate surface area is 69.0 Å². The molecule has 0 atom stereocenters. The monoisotopic (exact) mass is 148 g/mol. The predicted octanol–water partition coefficient (Wildman–Crippen LogP) is 3.31. The Bertz CT molecular complexity index is 184. The lowest BCUT2D eigenvalue weighted by molar-refractivity contribution is 0.374. The Morgan fingerprint density at radius 1 is 0.909 bits per heavy atom. The highest BCUT2D eigenvalue weighted by Gasteiger charge is 2.43. The smallest absolute Gasteiger partial charge is 0.00702 e. The summed E-state index contributed by atoms with van der Waals surface area (Å²) in [6, 6.07) is 0. The zero-order valence-electron chi connectivity index (χ0n) is 7.43. The Morgan fingerprint density at radius 3 is 1.45 bits per heavy atom. The van der Waals surface area contributed by atoms with Crippen molar-refractivity contribution >= 4 is 0 Å². The molecule has 0 amide bonds. The van der Waals surface area contributed by atoms with Crippen molar-refractivity contribution in [3.05, 3.63) is 24.3 Å². The minimum absolute atomic E-state index is 0.454. The van der Waals surface area contributed by atoms with Gasteiger partial charge >= 0.3 is 0 Å². The number of rotatable bonds is 2. The third-order valence-corrected chi connectivity index (χ3v) is 3.47. The van der Waals surface area contributed by atoms with Gasteiger partial charge < -0.3 is 0 Å². The fourth-order valence-electron chi connectivity index (χ4n) is 2.34. The highest BCUT2D eigenvalue weighted by atomic mass is 14.5. The molecule has 0 saturated carbocycles. The summed E-state index contributed by atoms with van der Waals surface area (Å²) in [7, 11) is 0. The molecular formula is C11H16. The van der Waals surface area contributed by atoms with Gasteiger partial charge in [0.1, 0.15) is 0 Å². The van der Waals surface area contributed by atoms with Crippen molar-refractivity contribution in [2.45, 2.75) is 33.1 Å². The van der Waals surface area contributed by atoms with Gasteiger partial charge in [-0.1, -0.05) is 38.2 Å². The molecule has 0 nitrogen and oxygen atoms in total. The number of allylic oxidation sites excluding steroid dienone is 4. The van der Waals surface area contributed by atoms with Crippen LogP contribution in [0.2, 0.25) is 0 Å². The molecule has 0 unspecified atom stereocenters. The summed E-state index contributed by atoms with van der Waals surface area (Å²) in [5.41, 5.74) is 0.909. The minimum atomic E-state index is 0.454. The van der Waals surface area contributed by atoms with E-state index in [1.54, 1.807) is 0 Å². The molecular weight excluding hydrogens is 132 g/mol. The molecule has 0 heterocycles. The molecule has 0 aliphatic heterocycles. The SMILES string of the molecule is CCC12C=CC(CC)(C=C1)C2. The molecule has 0 N–H and O–H groups in total. The summed E-state index contributed by atoms with van der Waals surface area (Å²) in [6.45, 7) is 4.57. The van der Waals surface area contributed by atoms with Gasteiger partial charge in [-0.2, -0.15) is 0 Å². The third-order valence-electron chi connectivity index (χ3n) is 3.47. The number of hydrogen-bond donors (Lipinski definition) is 0. The molecule has 0 aromatic carbocycles. The van der Waals surface area contributed by atoms with Crippen LogP contribution < -0.4 is 0 Å². The van der Waals surface area contributed by atoms with Crippen LogP contribution in [0, 0.1) is 10.8 Å². The van der Waals surface area contributed by atoms with Gasteiger partial charge in [-0.25, -0.2) is 0 Å². The van der Waals surface area contributed by atoms with Crippen molar-refractivity contribution < 1.29 is 0 Å². The maximum Gasteiger partial charge on any atom is 0.00702 e. The summed E-state index contributed by atoms with van der Waals surface area (Å²) >= 11 is 0. The zero-order chi connectivity index (χ0) is 7.95. The molecule has 0 radical (unpaired) electrons. The molecule has 0 spiro atoms. The highest BCUT2D eigenvalue weighted by molar-refractivity contribution is 5.34. The van der Waals surface area contributed by atoms with Gasteiger partial charge in [-0.3, -0.25) is 0 Å². The van der Waals surface area contributed by atoms with Crippen molar-refractivity contribution in [3.63, 3.8) is 0 Å². The summed E-state index contributed by atoms with van der Waals surface area (Å²) in [5, 5.41) is 0. The summed E-state index contributed by atoms with van der Waals surface area (Å²) in [4.78, 5) is 0. The van der Waals surface area contributed by atoms with E-state index in [1.807, 2.05) is 0 Å². The first-order chi connectivity index (χ1) is 5.24. The van der Waals surface area contributed by atoms with Crippen LogP contribution in [0.25, 0.3) is 0 Å². The van der Waals surface area contributed by atoms with Crippen molar-refractivity contribution in [1.82, 2.24) is 0 Å². The minimum Gasteiger partial charge on any atom is -0.0776 e. The average Bonchev–Trinajstić information content (AvgIpc) is 2.61. The lowest BCUT2D eigenvalue weighted by atomic mass is 9.83. The van der Waals surface area contributed by atoms with Crippen LogP contribution >= 0.6 is 0 Å². The van der Waals surface area contributed by atoms with Crippen molar-refractivity contribution in [1.29, 1.82) is 0 Å². The lowest BCUT2D eigenvalue weighted by Gasteiger charge is -2.20. The van der Waals surface area contributed by atoms with Crippen molar-refractivity contribution in [2.24, 2.45) is 10.8 Å². The van der Waals surface area contributed by atoms with E-state index in [4.69, 9.17) is 0 Å². The van der Waals surface area contributed by atoms with Crippen LogP contribution in [0.15, 0.2) is 24.3 Å². The quantitative estimate of drug-likeness (QED) is 0.527. The van der Waals surface area contributed by atoms with E-state index >= 15 is 0 Å². The maximum atomic E-state index is 2.41. The van der Waals surface area contributed by atoms with Gasteiger partial charge in [0.25, 0.3) is 0 Å². The summed E-state index contributed by atoms with van der Waals surface area (Å²) in [6.07, 6.45) is 13.5. The fraction of sp³-hybridized carbons (Fsp3) is 0.636. The predicted molar refractivity (Wildman–Crippen MR) is 48.3 cm³/mol. The number of fused-ring (bicyclic) bond motifs is 2. The van der Waals surface area contributed by atoms with E-state index in [9.17, 15) is 0 Å². The molecule has 0 fully saturated rings. The van der Waals surface area contributed by atoms with Gasteiger partial charge in [0, 0.05) is 10.8 Å². The average molecular weight is 148 g/mol. The van der Waals surface area contributed by atoms with E-state index in [-0.39, 0.29) is 0 Å². The molecule has 2 rings (SSSR count). The van der Waals surface area contributed by atoms with Gasteiger partial charge in [-0.05, 0) is 19.3 Å². The van der Waals surface area contributed by atoms with E-state index in [2.05, 4.69) is 38.2 Å². The zero-order valence-corrected chi connectivity index (χ0v) is 7.43. The summed E-state index contributed by atoms with van der Waals surface area (Å²) in [5.74, 6) is 0. The highest BCUT2D eigenvalue weighted by Crippen LogP contribution is 2.54. The lowest BCUT2D eigenvalue weighted by Crippen LogP contribution is -2.11. The first-order valence-electron chi connectivity index (χ1n) is 4.65. The number of hydrogen-bond acceptors (Lipinski definition) is 0. The molecule has 0 aromatic heterocycles. The molecule has 2 bridgehead atoms. The molecule has 2 aliphatic rings. The van der Waals surface area contributed by atoms with Crippen LogP contribution in [-0.4, -0.2) is 0 Å². The molecule has 11 heavy (non-hydrogen) atoms. The Hall–Kier alpha value is -0.520. The standard InChI is InChI=1S/C11H16/c1-3-10-5-7-11(4-2,9-10)8-6-10/h5-8H,3-4,9H2,1-2H3. The van der Waals surface area contributed by atoms with E-state index in [0.717, 1.165) is 0 Å². The second kappa shape index (κ2) is 2.00. The molecule has 2 aliphatic carbocycles. The summed E-state index contributed by atoms with van der Waals surface area (Å²) < 4.78 is 0. The van der Waals surface area contributed by atoms with Crippen LogP contribution in [0.3, 0.4) is 0 Å². The largest absolute Gasteiger partial charge is 0.0776 e. The maximum absolute atomic E-state index is 2.41. The van der Waals surface area contributed by atoms with Crippen LogP contribution in [0.4, 0.5) is 0 Å². The van der Waals surface area contributed by atoms with Gasteiger partial charge in [0.2, 0.25) is 0 Å².